The van der Waals surface area contributed by atoms with E-state index >= 15 is 0 Å². The second kappa shape index (κ2) is 14.4. The fourth-order valence-corrected chi connectivity index (χ4v) is 11.7. The van der Waals surface area contributed by atoms with E-state index in [-0.39, 0.29) is 0 Å². The topological polar surface area (TPSA) is 45.5 Å². The van der Waals surface area contributed by atoms with Crippen LogP contribution in [0.25, 0.3) is 121 Å². The fraction of sp³-hybridized carbons (Fsp3) is 0.0645. The van der Waals surface area contributed by atoms with Crippen LogP contribution in [0, 0.1) is 27.7 Å². The van der Waals surface area contributed by atoms with Crippen LogP contribution in [0.4, 0.5) is 0 Å². The van der Waals surface area contributed by atoms with Crippen molar-refractivity contribution >= 4 is 87.2 Å². The molecule has 8 aromatic carbocycles. The average molecular weight is 873 g/mol. The summed E-state index contributed by atoms with van der Waals surface area (Å²) in [6.45, 7) is 8.96. The predicted octanol–water partition coefficient (Wildman–Crippen LogP) is 15.8. The van der Waals surface area contributed by atoms with Crippen molar-refractivity contribution < 1.29 is 0 Å². The molecule has 14 rings (SSSR count). The third kappa shape index (κ3) is 5.17. The first kappa shape index (κ1) is 38.5. The fourth-order valence-electron chi connectivity index (χ4n) is 11.7. The third-order valence-corrected chi connectivity index (χ3v) is 14.5. The summed E-state index contributed by atoms with van der Waals surface area (Å²) in [5, 5.41) is 9.50. The van der Waals surface area contributed by atoms with Crippen LogP contribution in [0.3, 0.4) is 0 Å². The number of fused-ring (bicyclic) bond motifs is 12. The molecule has 6 heteroatoms. The zero-order valence-electron chi connectivity index (χ0n) is 38.2. The summed E-state index contributed by atoms with van der Waals surface area (Å²) in [6.07, 6.45) is 3.87. The van der Waals surface area contributed by atoms with Crippen molar-refractivity contribution in [3.05, 3.63) is 217 Å². The molecule has 6 heterocycles. The molecule has 0 bridgehead atoms. The number of nitrogens with zero attached hydrogens (tertiary/aromatic N) is 6. The SMILES string of the molecule is Cc1cccc2c3ccccc3n(-c3nc(-n4c5ccccc5c5cccc(C)c54)c(-n4c5ccccc5c5cccc(C)c54)c(-c4ccncc4)c3-n3c4ccccc4c4cccc(C)c43)c12. The minimum atomic E-state index is 0.832. The number of pyridine rings is 2. The highest BCUT2D eigenvalue weighted by atomic mass is 15.2. The van der Waals surface area contributed by atoms with Gasteiger partial charge in [-0.2, -0.15) is 0 Å². The lowest BCUT2D eigenvalue weighted by Crippen LogP contribution is -2.16. The van der Waals surface area contributed by atoms with Crippen molar-refractivity contribution in [1.29, 1.82) is 0 Å². The molecule has 0 fully saturated rings. The molecule has 0 saturated heterocycles. The molecular weight excluding hydrogens is 829 g/mol. The van der Waals surface area contributed by atoms with Gasteiger partial charge in [0.25, 0.3) is 0 Å². The van der Waals surface area contributed by atoms with E-state index in [1.165, 1.54) is 65.3 Å². The zero-order valence-corrected chi connectivity index (χ0v) is 38.2. The van der Waals surface area contributed by atoms with Gasteiger partial charge in [-0.05, 0) is 91.9 Å². The molecule has 0 amide bonds. The van der Waals surface area contributed by atoms with Gasteiger partial charge in [0.1, 0.15) is 11.4 Å². The zero-order chi connectivity index (χ0) is 45.4. The van der Waals surface area contributed by atoms with Crippen molar-refractivity contribution in [2.75, 3.05) is 0 Å². The van der Waals surface area contributed by atoms with Gasteiger partial charge in [-0.25, -0.2) is 4.98 Å². The molecule has 0 saturated carbocycles. The summed E-state index contributed by atoms with van der Waals surface area (Å²) in [5.74, 6) is 1.66. The Hall–Kier alpha value is -8.74. The summed E-state index contributed by atoms with van der Waals surface area (Å²) >= 11 is 0. The number of benzene rings is 8. The number of aryl methyl sites for hydroxylation is 4. The van der Waals surface area contributed by atoms with Crippen LogP contribution in [0.5, 0.6) is 0 Å². The van der Waals surface area contributed by atoms with Gasteiger partial charge in [-0.15, -0.1) is 0 Å². The second-order valence-corrected chi connectivity index (χ2v) is 18.4. The Labute approximate surface area is 392 Å². The normalized spacial score (nSPS) is 12.1. The van der Waals surface area contributed by atoms with Gasteiger partial charge in [0.05, 0.1) is 44.1 Å². The molecule has 14 aromatic rings. The monoisotopic (exact) mass is 872 g/mol. The Balaban J connectivity index is 1.36. The minimum absolute atomic E-state index is 0.832. The van der Waals surface area contributed by atoms with Crippen molar-refractivity contribution in [3.8, 4) is 34.1 Å². The largest absolute Gasteiger partial charge is 0.305 e. The Morgan fingerprint density at radius 3 is 0.941 bits per heavy atom. The van der Waals surface area contributed by atoms with Crippen LogP contribution in [-0.2, 0) is 0 Å². The molecule has 0 spiro atoms. The maximum absolute atomic E-state index is 6.39. The van der Waals surface area contributed by atoms with E-state index in [1.807, 2.05) is 12.4 Å². The van der Waals surface area contributed by atoms with Gasteiger partial charge in [-0.1, -0.05) is 146 Å². The first-order chi connectivity index (χ1) is 33.5. The van der Waals surface area contributed by atoms with Crippen LogP contribution in [0.15, 0.2) is 194 Å². The lowest BCUT2D eigenvalue weighted by atomic mass is 10.0. The molecule has 0 N–H and O–H groups in total. The quantitative estimate of drug-likeness (QED) is 0.173. The van der Waals surface area contributed by atoms with E-state index in [4.69, 9.17) is 4.98 Å². The summed E-state index contributed by atoms with van der Waals surface area (Å²) < 4.78 is 9.98. The summed E-state index contributed by atoms with van der Waals surface area (Å²) in [7, 11) is 0. The molecule has 0 radical (unpaired) electrons. The van der Waals surface area contributed by atoms with E-state index in [1.54, 1.807) is 0 Å². The summed E-state index contributed by atoms with van der Waals surface area (Å²) in [4.78, 5) is 11.1. The van der Waals surface area contributed by atoms with Gasteiger partial charge in [-0.3, -0.25) is 14.1 Å². The van der Waals surface area contributed by atoms with E-state index in [0.717, 1.165) is 78.3 Å². The van der Waals surface area contributed by atoms with Crippen LogP contribution in [0.1, 0.15) is 22.3 Å². The van der Waals surface area contributed by atoms with Crippen LogP contribution in [0.2, 0.25) is 0 Å². The van der Waals surface area contributed by atoms with Crippen molar-refractivity contribution in [1.82, 2.24) is 28.2 Å². The third-order valence-electron chi connectivity index (χ3n) is 14.5. The van der Waals surface area contributed by atoms with Crippen LogP contribution >= 0.6 is 0 Å². The smallest absolute Gasteiger partial charge is 0.165 e. The van der Waals surface area contributed by atoms with Gasteiger partial charge < -0.3 is 9.13 Å². The maximum Gasteiger partial charge on any atom is 0.165 e. The Bertz CT molecular complexity index is 4160. The minimum Gasteiger partial charge on any atom is -0.305 e. The van der Waals surface area contributed by atoms with Gasteiger partial charge in [0.15, 0.2) is 11.6 Å². The summed E-state index contributed by atoms with van der Waals surface area (Å²) in [6, 6.07) is 66.6. The first-order valence-corrected chi connectivity index (χ1v) is 23.4. The molecule has 0 aliphatic carbocycles. The highest BCUT2D eigenvalue weighted by molar-refractivity contribution is 6.16. The second-order valence-electron chi connectivity index (χ2n) is 18.4. The highest BCUT2D eigenvalue weighted by Crippen LogP contribution is 2.49. The Morgan fingerprint density at radius 2 is 0.588 bits per heavy atom. The standard InChI is InChI=1S/C62H44N6/c1-37-17-13-25-46-42-21-5-9-29-50(42)65(55(37)46)59-54(41-33-35-63-36-34-41)60(66-51-30-10-6-22-43(51)47-26-14-18-38(2)56(47)66)62(68-53-32-12-8-24-45(53)49-28-16-20-40(4)58(49)68)64-61(59)67-52-31-11-7-23-44(52)48-27-15-19-39(3)57(48)67/h5-36H,1-4H3. The molecule has 0 aliphatic heterocycles. The molecule has 68 heavy (non-hydrogen) atoms. The Morgan fingerprint density at radius 1 is 0.294 bits per heavy atom. The highest BCUT2D eigenvalue weighted by Gasteiger charge is 2.33. The average Bonchev–Trinajstić information content (AvgIpc) is 4.11. The molecule has 0 aliphatic rings. The van der Waals surface area contributed by atoms with Gasteiger partial charge >= 0.3 is 0 Å². The van der Waals surface area contributed by atoms with E-state index in [9.17, 15) is 0 Å². The predicted molar refractivity (Wildman–Crippen MR) is 284 cm³/mol. The summed E-state index contributed by atoms with van der Waals surface area (Å²) in [5.41, 5.74) is 17.7. The number of hydrogen-bond acceptors (Lipinski definition) is 2. The number of para-hydroxylation sites is 8. The number of hydrogen-bond donors (Lipinski definition) is 0. The first-order valence-electron chi connectivity index (χ1n) is 23.4. The van der Waals surface area contributed by atoms with Crippen molar-refractivity contribution in [2.24, 2.45) is 0 Å². The van der Waals surface area contributed by atoms with Crippen molar-refractivity contribution in [2.45, 2.75) is 27.7 Å². The van der Waals surface area contributed by atoms with Gasteiger partial charge in [0.2, 0.25) is 0 Å². The molecule has 6 aromatic heterocycles. The van der Waals surface area contributed by atoms with E-state index in [0.29, 0.717) is 0 Å². The van der Waals surface area contributed by atoms with Crippen LogP contribution in [-0.4, -0.2) is 28.2 Å². The van der Waals surface area contributed by atoms with E-state index in [2.05, 4.69) is 233 Å². The van der Waals surface area contributed by atoms with Crippen molar-refractivity contribution in [3.63, 3.8) is 0 Å². The molecule has 0 unspecified atom stereocenters. The Kier molecular flexibility index (Phi) is 8.15. The lowest BCUT2D eigenvalue weighted by Gasteiger charge is -2.27. The van der Waals surface area contributed by atoms with Crippen LogP contribution < -0.4 is 0 Å². The molecular formula is C62H44N6. The molecule has 0 atom stereocenters. The molecule has 6 nitrogen and oxygen atoms in total. The molecule has 322 valence electrons. The van der Waals surface area contributed by atoms with E-state index < -0.39 is 0 Å². The number of rotatable bonds is 5. The maximum atomic E-state index is 6.39. The van der Waals surface area contributed by atoms with Gasteiger partial charge in [0, 0.05) is 61.0 Å². The lowest BCUT2D eigenvalue weighted by molar-refractivity contribution is 0.957. The number of aromatic nitrogens is 6.